The van der Waals surface area contributed by atoms with Crippen LogP contribution in [0.25, 0.3) is 0 Å². The zero-order valence-electron chi connectivity index (χ0n) is 12.5. The fourth-order valence-corrected chi connectivity index (χ4v) is 3.71. The predicted molar refractivity (Wildman–Crippen MR) is 84.3 cm³/mol. The minimum atomic E-state index is -0.348. The molecule has 1 fully saturated rings. The number of hydrogen-bond acceptors (Lipinski definition) is 3. The lowest BCUT2D eigenvalue weighted by molar-refractivity contribution is 0.377. The molecule has 3 nitrogen and oxygen atoms in total. The lowest BCUT2D eigenvalue weighted by Gasteiger charge is -2.22. The van der Waals surface area contributed by atoms with Gasteiger partial charge in [0.15, 0.2) is 0 Å². The monoisotopic (exact) mass is 296 g/mol. The fraction of sp³-hybridized carbons (Fsp3) is 0.421. The van der Waals surface area contributed by atoms with Gasteiger partial charge in [0.05, 0.1) is 5.56 Å². The minimum Gasteiger partial charge on any atom is -0.507 e. The number of hydrogen-bond donors (Lipinski definition) is 1. The van der Waals surface area contributed by atoms with E-state index in [1.807, 2.05) is 30.3 Å². The number of aryl methyl sites for hydroxylation is 1. The van der Waals surface area contributed by atoms with Crippen LogP contribution >= 0.6 is 0 Å². The first-order valence-corrected chi connectivity index (χ1v) is 8.18. The molecule has 0 aliphatic heterocycles. The van der Waals surface area contributed by atoms with Crippen LogP contribution in [-0.4, -0.2) is 5.11 Å². The van der Waals surface area contributed by atoms with Gasteiger partial charge in [-0.3, -0.25) is 0 Å². The topological polar surface area (TPSA) is 50.4 Å². The minimum absolute atomic E-state index is 0.0373. The van der Waals surface area contributed by atoms with E-state index < -0.39 is 0 Å². The normalized spacial score (nSPS) is 18.7. The molecule has 2 aromatic rings. The van der Waals surface area contributed by atoms with Gasteiger partial charge in [0, 0.05) is 17.9 Å². The van der Waals surface area contributed by atoms with Crippen LogP contribution in [0.1, 0.15) is 54.1 Å². The molecule has 2 aliphatic carbocycles. The molecule has 0 radical (unpaired) electrons. The first kappa shape index (κ1) is 13.6. The molecule has 2 aliphatic rings. The molecule has 3 heteroatoms. The molecule has 1 saturated carbocycles. The summed E-state index contributed by atoms with van der Waals surface area (Å²) in [5, 5.41) is 10.8. The van der Waals surface area contributed by atoms with Crippen molar-refractivity contribution >= 4 is 0 Å². The van der Waals surface area contributed by atoms with Crippen LogP contribution in [0.4, 0.5) is 0 Å². The van der Waals surface area contributed by atoms with E-state index >= 15 is 0 Å². The molecule has 22 heavy (non-hydrogen) atoms. The van der Waals surface area contributed by atoms with Gasteiger partial charge in [0.1, 0.15) is 11.5 Å². The first-order valence-electron chi connectivity index (χ1n) is 8.18. The standard InChI is InChI=1S/C19H20O3/c20-18-14-8-4-5-9-15(14)22-19(21)17(18)16(13-10-11-13)12-6-2-1-3-7-12/h1-3,6-7,13,16,20H,4-5,8-11H2. The van der Waals surface area contributed by atoms with Crippen molar-refractivity contribution in [3.05, 3.63) is 63.2 Å². The van der Waals surface area contributed by atoms with Gasteiger partial charge in [0.25, 0.3) is 0 Å². The Hall–Kier alpha value is -2.03. The van der Waals surface area contributed by atoms with Gasteiger partial charge in [-0.05, 0) is 43.6 Å². The Kier molecular flexibility index (Phi) is 3.29. The number of fused-ring (bicyclic) bond motifs is 1. The second-order valence-electron chi connectivity index (χ2n) is 6.49. The highest BCUT2D eigenvalue weighted by molar-refractivity contribution is 5.47. The lowest BCUT2D eigenvalue weighted by atomic mass is 9.85. The molecule has 1 heterocycles. The summed E-state index contributed by atoms with van der Waals surface area (Å²) in [6.45, 7) is 0. The third-order valence-corrected chi connectivity index (χ3v) is 4.96. The van der Waals surface area contributed by atoms with Gasteiger partial charge in [-0.1, -0.05) is 30.3 Å². The average molecular weight is 296 g/mol. The van der Waals surface area contributed by atoms with Crippen molar-refractivity contribution in [2.45, 2.75) is 44.4 Å². The van der Waals surface area contributed by atoms with E-state index in [1.165, 1.54) is 0 Å². The van der Waals surface area contributed by atoms with Crippen LogP contribution in [0.15, 0.2) is 39.5 Å². The molecule has 114 valence electrons. The SMILES string of the molecule is O=c1oc2c(c(O)c1C(c1ccccc1)C1CC1)CCCC2. The molecular weight excluding hydrogens is 276 g/mol. The molecule has 1 N–H and O–H groups in total. The van der Waals surface area contributed by atoms with Crippen LogP contribution in [0, 0.1) is 5.92 Å². The maximum absolute atomic E-state index is 12.5. The van der Waals surface area contributed by atoms with Gasteiger partial charge in [-0.2, -0.15) is 0 Å². The second kappa shape index (κ2) is 5.31. The van der Waals surface area contributed by atoms with Crippen LogP contribution in [0.5, 0.6) is 5.75 Å². The van der Waals surface area contributed by atoms with Gasteiger partial charge >= 0.3 is 5.63 Å². The molecule has 1 aromatic heterocycles. The molecule has 0 bridgehead atoms. The van der Waals surface area contributed by atoms with E-state index in [1.54, 1.807) is 0 Å². The average Bonchev–Trinajstić information content (AvgIpc) is 3.37. The molecule has 0 amide bonds. The number of rotatable bonds is 3. The van der Waals surface area contributed by atoms with E-state index in [0.717, 1.165) is 49.7 Å². The first-order chi connectivity index (χ1) is 10.8. The van der Waals surface area contributed by atoms with Gasteiger partial charge < -0.3 is 9.52 Å². The van der Waals surface area contributed by atoms with E-state index in [2.05, 4.69) is 0 Å². The summed E-state index contributed by atoms with van der Waals surface area (Å²) in [6, 6.07) is 10.0. The third-order valence-electron chi connectivity index (χ3n) is 4.96. The molecular formula is C19H20O3. The summed E-state index contributed by atoms with van der Waals surface area (Å²) in [4.78, 5) is 12.5. The second-order valence-corrected chi connectivity index (χ2v) is 6.49. The van der Waals surface area contributed by atoms with Crippen LogP contribution in [-0.2, 0) is 12.8 Å². The van der Waals surface area contributed by atoms with Crippen molar-refractivity contribution in [2.75, 3.05) is 0 Å². The van der Waals surface area contributed by atoms with Crippen LogP contribution in [0.3, 0.4) is 0 Å². The highest BCUT2D eigenvalue weighted by atomic mass is 16.4. The van der Waals surface area contributed by atoms with Crippen LogP contribution in [0.2, 0.25) is 0 Å². The van der Waals surface area contributed by atoms with Gasteiger partial charge in [-0.25, -0.2) is 4.79 Å². The molecule has 4 rings (SSSR count). The quantitative estimate of drug-likeness (QED) is 0.938. The Balaban J connectivity index is 1.88. The predicted octanol–water partition coefficient (Wildman–Crippen LogP) is 3.77. The van der Waals surface area contributed by atoms with E-state index in [-0.39, 0.29) is 17.3 Å². The Morgan fingerprint density at radius 3 is 2.55 bits per heavy atom. The molecule has 1 unspecified atom stereocenters. The lowest BCUT2D eigenvalue weighted by Crippen LogP contribution is -2.19. The molecule has 1 aromatic carbocycles. The Morgan fingerprint density at radius 2 is 1.82 bits per heavy atom. The summed E-state index contributed by atoms with van der Waals surface area (Å²) in [5.41, 5.74) is 2.10. The maximum Gasteiger partial charge on any atom is 0.343 e. The number of aromatic hydroxyl groups is 1. The highest BCUT2D eigenvalue weighted by Crippen LogP contribution is 2.48. The highest BCUT2D eigenvalue weighted by Gasteiger charge is 2.38. The summed E-state index contributed by atoms with van der Waals surface area (Å²) < 4.78 is 5.58. The fourth-order valence-electron chi connectivity index (χ4n) is 3.71. The zero-order chi connectivity index (χ0) is 15.1. The maximum atomic E-state index is 12.5. The third kappa shape index (κ3) is 2.25. The van der Waals surface area contributed by atoms with Crippen molar-refractivity contribution < 1.29 is 9.52 Å². The van der Waals surface area contributed by atoms with E-state index in [0.29, 0.717) is 17.2 Å². The number of benzene rings is 1. The zero-order valence-corrected chi connectivity index (χ0v) is 12.5. The van der Waals surface area contributed by atoms with E-state index in [9.17, 15) is 9.90 Å². The van der Waals surface area contributed by atoms with Gasteiger partial charge in [0.2, 0.25) is 0 Å². The Labute approximate surface area is 129 Å². The van der Waals surface area contributed by atoms with Crippen molar-refractivity contribution in [3.63, 3.8) is 0 Å². The Morgan fingerprint density at radius 1 is 1.09 bits per heavy atom. The van der Waals surface area contributed by atoms with Crippen molar-refractivity contribution in [2.24, 2.45) is 5.92 Å². The smallest absolute Gasteiger partial charge is 0.343 e. The summed E-state index contributed by atoms with van der Waals surface area (Å²) in [7, 11) is 0. The Bertz CT molecular complexity index is 741. The van der Waals surface area contributed by atoms with Crippen molar-refractivity contribution in [1.29, 1.82) is 0 Å². The molecule has 0 saturated heterocycles. The van der Waals surface area contributed by atoms with Crippen molar-refractivity contribution in [1.82, 2.24) is 0 Å². The largest absolute Gasteiger partial charge is 0.507 e. The molecule has 0 spiro atoms. The summed E-state index contributed by atoms with van der Waals surface area (Å²) >= 11 is 0. The summed E-state index contributed by atoms with van der Waals surface area (Å²) in [6.07, 6.45) is 5.86. The molecule has 1 atom stereocenters. The van der Waals surface area contributed by atoms with Crippen molar-refractivity contribution in [3.8, 4) is 5.75 Å². The van der Waals surface area contributed by atoms with Crippen LogP contribution < -0.4 is 5.63 Å². The van der Waals surface area contributed by atoms with E-state index in [4.69, 9.17) is 4.42 Å². The summed E-state index contributed by atoms with van der Waals surface area (Å²) in [5.74, 6) is 1.30. The van der Waals surface area contributed by atoms with Gasteiger partial charge in [-0.15, -0.1) is 0 Å².